The zero-order valence-electron chi connectivity index (χ0n) is 12.1. The van der Waals surface area contributed by atoms with E-state index in [0.29, 0.717) is 18.5 Å². The first-order valence-electron chi connectivity index (χ1n) is 7.10. The third-order valence-electron chi connectivity index (χ3n) is 4.36. The van der Waals surface area contributed by atoms with Gasteiger partial charge in [0.05, 0.1) is 16.2 Å². The molecule has 0 aromatic carbocycles. The summed E-state index contributed by atoms with van der Waals surface area (Å²) >= 11 is 1.19. The minimum absolute atomic E-state index is 0.0231. The summed E-state index contributed by atoms with van der Waals surface area (Å²) in [5.41, 5.74) is 0.156. The molecule has 6 nitrogen and oxygen atoms in total. The number of aromatic nitrogens is 1. The summed E-state index contributed by atoms with van der Waals surface area (Å²) in [6.45, 7) is 3.50. The van der Waals surface area contributed by atoms with E-state index in [1.807, 2.05) is 0 Å². The van der Waals surface area contributed by atoms with Crippen LogP contribution in [0.15, 0.2) is 4.21 Å². The second kappa shape index (κ2) is 5.03. The molecule has 1 aliphatic heterocycles. The highest BCUT2D eigenvalue weighted by Crippen LogP contribution is 2.39. The lowest BCUT2D eigenvalue weighted by molar-refractivity contribution is -0.127. The highest BCUT2D eigenvalue weighted by Gasteiger charge is 2.49. The Bertz CT molecular complexity index is 677. The van der Waals surface area contributed by atoms with Gasteiger partial charge in [-0.3, -0.25) is 4.79 Å². The highest BCUT2D eigenvalue weighted by molar-refractivity contribution is 7.91. The number of aryl methyl sites for hydroxylation is 2. The summed E-state index contributed by atoms with van der Waals surface area (Å²) in [7, 11) is -3.58. The van der Waals surface area contributed by atoms with Crippen LogP contribution >= 0.6 is 11.3 Å². The van der Waals surface area contributed by atoms with E-state index in [2.05, 4.69) is 15.0 Å². The molecule has 2 aliphatic rings. The van der Waals surface area contributed by atoms with Crippen molar-refractivity contribution in [1.82, 2.24) is 15.0 Å². The lowest BCUT2D eigenvalue weighted by atomic mass is 9.68. The Kier molecular flexibility index (Phi) is 3.58. The predicted molar refractivity (Wildman–Crippen MR) is 79.7 cm³/mol. The topological polar surface area (TPSA) is 88.2 Å². The van der Waals surface area contributed by atoms with Crippen molar-refractivity contribution in [2.45, 2.75) is 61.7 Å². The van der Waals surface area contributed by atoms with Gasteiger partial charge in [0.1, 0.15) is 0 Å². The Labute approximate surface area is 128 Å². The first-order chi connectivity index (χ1) is 9.82. The van der Waals surface area contributed by atoms with Gasteiger partial charge in [0.15, 0.2) is 4.21 Å². The molecular weight excluding hydrogens is 310 g/mol. The molecule has 8 heteroatoms. The fourth-order valence-electron chi connectivity index (χ4n) is 3.18. The number of hydrogen-bond acceptors (Lipinski definition) is 5. The van der Waals surface area contributed by atoms with Crippen LogP contribution in [0.1, 0.15) is 42.8 Å². The van der Waals surface area contributed by atoms with Crippen molar-refractivity contribution in [2.24, 2.45) is 0 Å². The number of rotatable bonds is 3. The van der Waals surface area contributed by atoms with Crippen molar-refractivity contribution in [1.29, 1.82) is 0 Å². The Morgan fingerprint density at radius 3 is 2.62 bits per heavy atom. The number of amides is 1. The zero-order valence-corrected chi connectivity index (χ0v) is 13.7. The molecule has 1 aromatic rings. The summed E-state index contributed by atoms with van der Waals surface area (Å²) < 4.78 is 28.3. The second-order valence-corrected chi connectivity index (χ2v) is 8.99. The van der Waals surface area contributed by atoms with Crippen LogP contribution in [0, 0.1) is 13.8 Å². The number of carbonyl (C=O) groups excluding carboxylic acids is 1. The Morgan fingerprint density at radius 2 is 2.10 bits per heavy atom. The van der Waals surface area contributed by atoms with Crippen molar-refractivity contribution in [3.8, 4) is 0 Å². The van der Waals surface area contributed by atoms with Gasteiger partial charge < -0.3 is 5.32 Å². The molecule has 1 atom stereocenters. The van der Waals surface area contributed by atoms with Crippen molar-refractivity contribution in [2.75, 3.05) is 0 Å². The van der Waals surface area contributed by atoms with E-state index in [4.69, 9.17) is 0 Å². The zero-order chi connectivity index (χ0) is 15.3. The Balaban J connectivity index is 1.85. The molecule has 0 bridgehead atoms. The Hall–Kier alpha value is -0.990. The number of nitrogens with one attached hydrogen (secondary N) is 2. The molecular formula is C13H19N3O3S2. The summed E-state index contributed by atoms with van der Waals surface area (Å²) in [6.07, 6.45) is 3.63. The fraction of sp³-hybridized carbons (Fsp3) is 0.692. The van der Waals surface area contributed by atoms with Gasteiger partial charge in [-0.2, -0.15) is 0 Å². The minimum atomic E-state index is -3.58. The van der Waals surface area contributed by atoms with E-state index in [-0.39, 0.29) is 21.7 Å². The number of piperidine rings is 1. The average Bonchev–Trinajstić information content (AvgIpc) is 2.69. The molecule has 1 unspecified atom stereocenters. The molecule has 2 heterocycles. The van der Waals surface area contributed by atoms with Gasteiger partial charge in [-0.25, -0.2) is 18.1 Å². The summed E-state index contributed by atoms with van der Waals surface area (Å²) in [6, 6.07) is -0.226. The van der Waals surface area contributed by atoms with Crippen molar-refractivity contribution in [3.05, 3.63) is 10.7 Å². The third-order valence-corrected chi connectivity index (χ3v) is 7.52. The van der Waals surface area contributed by atoms with Gasteiger partial charge >= 0.3 is 0 Å². The molecule has 2 N–H and O–H groups in total. The van der Waals surface area contributed by atoms with Crippen LogP contribution in [-0.2, 0) is 14.8 Å². The van der Waals surface area contributed by atoms with E-state index in [1.165, 1.54) is 11.3 Å². The van der Waals surface area contributed by atoms with Crippen molar-refractivity contribution >= 4 is 27.3 Å². The minimum Gasteiger partial charge on any atom is -0.349 e. The van der Waals surface area contributed by atoms with E-state index in [1.54, 1.807) is 13.8 Å². The van der Waals surface area contributed by atoms with E-state index >= 15 is 0 Å². The SMILES string of the molecule is Cc1nc(C)c(S(=O)(=O)NC2CCC(=O)NC23CCC3)s1. The van der Waals surface area contributed by atoms with Crippen LogP contribution in [0.4, 0.5) is 0 Å². The number of hydrogen-bond donors (Lipinski definition) is 2. The molecule has 21 heavy (non-hydrogen) atoms. The maximum absolute atomic E-state index is 12.6. The molecule has 2 fully saturated rings. The van der Waals surface area contributed by atoms with Crippen LogP contribution in [0.2, 0.25) is 0 Å². The van der Waals surface area contributed by atoms with E-state index in [9.17, 15) is 13.2 Å². The van der Waals surface area contributed by atoms with Gasteiger partial charge in [0.2, 0.25) is 5.91 Å². The number of nitrogens with zero attached hydrogens (tertiary/aromatic N) is 1. The first kappa shape index (κ1) is 14.9. The van der Waals surface area contributed by atoms with Crippen molar-refractivity contribution in [3.63, 3.8) is 0 Å². The number of thiazole rings is 1. The molecule has 3 rings (SSSR count). The number of sulfonamides is 1. The largest absolute Gasteiger partial charge is 0.349 e. The molecule has 0 radical (unpaired) electrons. The smallest absolute Gasteiger partial charge is 0.252 e. The lowest BCUT2D eigenvalue weighted by Gasteiger charge is -2.50. The molecule has 1 spiro atoms. The van der Waals surface area contributed by atoms with Gasteiger partial charge in [0.25, 0.3) is 10.0 Å². The van der Waals surface area contributed by atoms with Gasteiger partial charge in [-0.05, 0) is 39.5 Å². The summed E-state index contributed by atoms with van der Waals surface area (Å²) in [4.78, 5) is 15.8. The average molecular weight is 329 g/mol. The van der Waals surface area contributed by atoms with E-state index in [0.717, 1.165) is 24.3 Å². The van der Waals surface area contributed by atoms with Crippen LogP contribution in [-0.4, -0.2) is 30.9 Å². The van der Waals surface area contributed by atoms with Crippen LogP contribution in [0.25, 0.3) is 0 Å². The highest BCUT2D eigenvalue weighted by atomic mass is 32.2. The van der Waals surface area contributed by atoms with Gasteiger partial charge in [-0.15, -0.1) is 11.3 Å². The quantitative estimate of drug-likeness (QED) is 0.873. The maximum atomic E-state index is 12.6. The monoisotopic (exact) mass is 329 g/mol. The Morgan fingerprint density at radius 1 is 1.38 bits per heavy atom. The molecule has 1 aromatic heterocycles. The first-order valence-corrected chi connectivity index (χ1v) is 9.40. The molecule has 1 amide bonds. The standard InChI is InChI=1S/C13H19N3O3S2/c1-8-12(20-9(2)14-8)21(18,19)16-10-4-5-11(17)15-13(10)6-3-7-13/h10,16H,3-7H2,1-2H3,(H,15,17). The second-order valence-electron chi connectivity index (χ2n) is 5.88. The summed E-state index contributed by atoms with van der Waals surface area (Å²) in [5.74, 6) is 0.0231. The third kappa shape index (κ3) is 2.60. The van der Waals surface area contributed by atoms with E-state index < -0.39 is 10.0 Å². The van der Waals surface area contributed by atoms with Crippen LogP contribution < -0.4 is 10.0 Å². The molecule has 1 aliphatic carbocycles. The normalized spacial score (nSPS) is 24.7. The predicted octanol–water partition coefficient (Wildman–Crippen LogP) is 1.24. The fourth-order valence-corrected chi connectivity index (χ4v) is 6.03. The molecule has 1 saturated heterocycles. The van der Waals surface area contributed by atoms with Crippen LogP contribution in [0.5, 0.6) is 0 Å². The lowest BCUT2D eigenvalue weighted by Crippen LogP contribution is -2.68. The van der Waals surface area contributed by atoms with Gasteiger partial charge in [0, 0.05) is 12.5 Å². The summed E-state index contributed by atoms with van der Waals surface area (Å²) in [5, 5.41) is 3.73. The van der Waals surface area contributed by atoms with Crippen molar-refractivity contribution < 1.29 is 13.2 Å². The van der Waals surface area contributed by atoms with Gasteiger partial charge in [-0.1, -0.05) is 0 Å². The molecule has 1 saturated carbocycles. The van der Waals surface area contributed by atoms with Crippen LogP contribution in [0.3, 0.4) is 0 Å². The molecule has 116 valence electrons. The maximum Gasteiger partial charge on any atom is 0.252 e. The number of carbonyl (C=O) groups is 1.